The van der Waals surface area contributed by atoms with E-state index in [9.17, 15) is 9.59 Å². The summed E-state index contributed by atoms with van der Waals surface area (Å²) in [6, 6.07) is 0. The second-order valence-electron chi connectivity index (χ2n) is 8.41. The van der Waals surface area contributed by atoms with Crippen molar-refractivity contribution in [3.05, 3.63) is 0 Å². The van der Waals surface area contributed by atoms with Crippen LogP contribution in [-0.2, 0) is 28.5 Å². The number of ether oxygens (including phenoxy) is 4. The first-order valence-electron chi connectivity index (χ1n) is 11.8. The number of carbonyl (C=O) groups is 2. The van der Waals surface area contributed by atoms with E-state index in [1.807, 2.05) is 0 Å². The Labute approximate surface area is 184 Å². The van der Waals surface area contributed by atoms with Gasteiger partial charge in [-0.1, -0.05) is 39.5 Å². The lowest BCUT2D eigenvalue weighted by molar-refractivity contribution is -0.145. The third-order valence-corrected chi connectivity index (χ3v) is 5.39. The second kappa shape index (κ2) is 21.1. The Bertz CT molecular complexity index is 375. The van der Waals surface area contributed by atoms with Gasteiger partial charge in [-0.2, -0.15) is 0 Å². The Hall–Kier alpha value is -1.14. The summed E-state index contributed by atoms with van der Waals surface area (Å²) in [6.45, 7) is 6.82. The third kappa shape index (κ3) is 20.1. The first-order chi connectivity index (χ1) is 14.5. The van der Waals surface area contributed by atoms with Gasteiger partial charge in [0.25, 0.3) is 0 Å². The van der Waals surface area contributed by atoms with E-state index in [0.717, 1.165) is 77.4 Å². The minimum absolute atomic E-state index is 0.0896. The van der Waals surface area contributed by atoms with E-state index in [1.54, 1.807) is 14.2 Å². The molecule has 0 saturated carbocycles. The molecule has 0 rings (SSSR count). The maximum Gasteiger partial charge on any atom is 0.305 e. The maximum absolute atomic E-state index is 11.7. The van der Waals surface area contributed by atoms with Gasteiger partial charge in [0.15, 0.2) is 0 Å². The van der Waals surface area contributed by atoms with E-state index < -0.39 is 0 Å². The van der Waals surface area contributed by atoms with Gasteiger partial charge in [-0.15, -0.1) is 0 Å². The highest BCUT2D eigenvalue weighted by Gasteiger charge is 2.07. The molecule has 2 atom stereocenters. The Morgan fingerprint density at radius 3 is 1.27 bits per heavy atom. The van der Waals surface area contributed by atoms with Crippen LogP contribution in [0.15, 0.2) is 0 Å². The van der Waals surface area contributed by atoms with Crippen molar-refractivity contribution in [1.82, 2.24) is 0 Å². The summed E-state index contributed by atoms with van der Waals surface area (Å²) < 4.78 is 20.7. The first kappa shape index (κ1) is 28.9. The Morgan fingerprint density at radius 1 is 0.567 bits per heavy atom. The summed E-state index contributed by atoms with van der Waals surface area (Å²) in [6.07, 6.45) is 10.8. The number of hydrogen-bond acceptors (Lipinski definition) is 6. The highest BCUT2D eigenvalue weighted by atomic mass is 16.5. The fourth-order valence-corrected chi connectivity index (χ4v) is 3.06. The normalized spacial score (nSPS) is 13.1. The molecule has 0 aromatic carbocycles. The lowest BCUT2D eigenvalue weighted by atomic mass is 10.1. The van der Waals surface area contributed by atoms with Gasteiger partial charge < -0.3 is 18.9 Å². The van der Waals surface area contributed by atoms with Crippen molar-refractivity contribution in [1.29, 1.82) is 0 Å². The van der Waals surface area contributed by atoms with Gasteiger partial charge in [0, 0.05) is 40.3 Å². The second-order valence-corrected chi connectivity index (χ2v) is 8.41. The highest BCUT2D eigenvalue weighted by Crippen LogP contribution is 2.12. The minimum Gasteiger partial charge on any atom is -0.466 e. The minimum atomic E-state index is -0.0896. The SMILES string of the molecule is COCCC(C)CCOC(=O)CCCCCCCCC(=O)OCCC(C)CCOC. The van der Waals surface area contributed by atoms with Crippen LogP contribution in [0.25, 0.3) is 0 Å². The van der Waals surface area contributed by atoms with Crippen LogP contribution >= 0.6 is 0 Å². The van der Waals surface area contributed by atoms with Gasteiger partial charge in [0.1, 0.15) is 0 Å². The molecular formula is C24H46O6. The van der Waals surface area contributed by atoms with Crippen molar-refractivity contribution in [2.45, 2.75) is 90.9 Å². The van der Waals surface area contributed by atoms with Crippen LogP contribution in [-0.4, -0.2) is 52.6 Å². The van der Waals surface area contributed by atoms with Gasteiger partial charge in [0.2, 0.25) is 0 Å². The van der Waals surface area contributed by atoms with E-state index in [-0.39, 0.29) is 11.9 Å². The van der Waals surface area contributed by atoms with Crippen LogP contribution in [0.5, 0.6) is 0 Å². The van der Waals surface area contributed by atoms with Crippen LogP contribution < -0.4 is 0 Å². The number of carbonyl (C=O) groups excluding carboxylic acids is 2. The van der Waals surface area contributed by atoms with Crippen molar-refractivity contribution >= 4 is 11.9 Å². The molecule has 0 aromatic heterocycles. The van der Waals surface area contributed by atoms with Crippen LogP contribution in [0.3, 0.4) is 0 Å². The largest absolute Gasteiger partial charge is 0.466 e. The fourth-order valence-electron chi connectivity index (χ4n) is 3.06. The van der Waals surface area contributed by atoms with E-state index in [1.165, 1.54) is 0 Å². The zero-order chi connectivity index (χ0) is 22.5. The molecule has 30 heavy (non-hydrogen) atoms. The van der Waals surface area contributed by atoms with E-state index >= 15 is 0 Å². The molecule has 0 spiro atoms. The molecule has 0 N–H and O–H groups in total. The topological polar surface area (TPSA) is 71.1 Å². The molecule has 0 heterocycles. The molecule has 0 bridgehead atoms. The maximum atomic E-state index is 11.7. The number of rotatable bonds is 21. The fraction of sp³-hybridized carbons (Fsp3) is 0.917. The molecule has 0 aromatic rings. The molecule has 0 aliphatic carbocycles. The third-order valence-electron chi connectivity index (χ3n) is 5.39. The zero-order valence-electron chi connectivity index (χ0n) is 19.9. The van der Waals surface area contributed by atoms with Crippen LogP contribution in [0.1, 0.15) is 90.9 Å². The highest BCUT2D eigenvalue weighted by molar-refractivity contribution is 5.69. The van der Waals surface area contributed by atoms with Crippen LogP contribution in [0.2, 0.25) is 0 Å². The number of unbranched alkanes of at least 4 members (excludes halogenated alkanes) is 5. The van der Waals surface area contributed by atoms with Crippen molar-refractivity contribution in [3.63, 3.8) is 0 Å². The molecule has 0 radical (unpaired) electrons. The van der Waals surface area contributed by atoms with E-state index in [0.29, 0.717) is 37.9 Å². The van der Waals surface area contributed by atoms with Gasteiger partial charge in [-0.25, -0.2) is 0 Å². The molecular weight excluding hydrogens is 384 g/mol. The van der Waals surface area contributed by atoms with Gasteiger partial charge in [-0.3, -0.25) is 9.59 Å². The molecule has 0 fully saturated rings. The summed E-state index contributed by atoms with van der Waals surface area (Å²) >= 11 is 0. The molecule has 6 nitrogen and oxygen atoms in total. The summed E-state index contributed by atoms with van der Waals surface area (Å²) in [5, 5.41) is 0. The summed E-state index contributed by atoms with van der Waals surface area (Å²) in [7, 11) is 3.41. The van der Waals surface area contributed by atoms with Crippen LogP contribution in [0, 0.1) is 11.8 Å². The predicted molar refractivity (Wildman–Crippen MR) is 119 cm³/mol. The number of methoxy groups -OCH3 is 2. The predicted octanol–water partition coefficient (Wildman–Crippen LogP) is 5.32. The summed E-state index contributed by atoms with van der Waals surface area (Å²) in [5.74, 6) is 0.848. The van der Waals surface area contributed by atoms with Crippen LogP contribution in [0.4, 0.5) is 0 Å². The van der Waals surface area contributed by atoms with Crippen molar-refractivity contribution < 1.29 is 28.5 Å². The molecule has 6 heteroatoms. The van der Waals surface area contributed by atoms with Gasteiger partial charge in [-0.05, 0) is 50.4 Å². The lowest BCUT2D eigenvalue weighted by Crippen LogP contribution is -2.09. The van der Waals surface area contributed by atoms with E-state index in [4.69, 9.17) is 18.9 Å². The molecule has 0 amide bonds. The zero-order valence-corrected chi connectivity index (χ0v) is 19.9. The van der Waals surface area contributed by atoms with Crippen molar-refractivity contribution in [2.75, 3.05) is 40.6 Å². The smallest absolute Gasteiger partial charge is 0.305 e. The quantitative estimate of drug-likeness (QED) is 0.181. The number of hydrogen-bond donors (Lipinski definition) is 0. The Morgan fingerprint density at radius 2 is 0.900 bits per heavy atom. The Balaban J connectivity index is 3.40. The van der Waals surface area contributed by atoms with E-state index in [2.05, 4.69) is 13.8 Å². The molecule has 178 valence electrons. The molecule has 0 aliphatic rings. The first-order valence-corrected chi connectivity index (χ1v) is 11.8. The standard InChI is InChI=1S/C24H46O6/c1-21(13-17-27-3)15-19-29-23(25)11-9-7-5-6-8-10-12-24(26)30-20-16-22(2)14-18-28-4/h21-22H,5-20H2,1-4H3. The molecule has 2 unspecified atom stereocenters. The average Bonchev–Trinajstić information content (AvgIpc) is 2.72. The lowest BCUT2D eigenvalue weighted by Gasteiger charge is -2.11. The molecule has 0 saturated heterocycles. The number of esters is 2. The molecule has 0 aliphatic heterocycles. The monoisotopic (exact) mass is 430 g/mol. The van der Waals surface area contributed by atoms with Crippen molar-refractivity contribution in [2.24, 2.45) is 11.8 Å². The Kier molecular flexibility index (Phi) is 20.3. The summed E-state index contributed by atoms with van der Waals surface area (Å²) in [4.78, 5) is 23.4. The average molecular weight is 431 g/mol. The van der Waals surface area contributed by atoms with Gasteiger partial charge in [0.05, 0.1) is 13.2 Å². The van der Waals surface area contributed by atoms with Gasteiger partial charge >= 0.3 is 11.9 Å². The van der Waals surface area contributed by atoms with Crippen molar-refractivity contribution in [3.8, 4) is 0 Å². The summed E-state index contributed by atoms with van der Waals surface area (Å²) in [5.41, 5.74) is 0.